The molecular formula is C4H6B2. The Morgan fingerprint density at radius 1 is 1.50 bits per heavy atom. The molecule has 0 saturated carbocycles. The molecule has 0 aromatic carbocycles. The Labute approximate surface area is 39.4 Å². The average molecular weight is 75.7 g/mol. The standard InChI is InChI=1S/C4H6B2/c1-2-4-6-5-3-1/h1,3H,2,4H2. The van der Waals surface area contributed by atoms with Crippen molar-refractivity contribution in [3.05, 3.63) is 12.1 Å². The van der Waals surface area contributed by atoms with Crippen molar-refractivity contribution in [3.8, 4) is 0 Å². The van der Waals surface area contributed by atoms with Crippen LogP contribution in [-0.2, 0) is 0 Å². The van der Waals surface area contributed by atoms with Crippen LogP contribution in [-0.4, -0.2) is 13.6 Å². The van der Waals surface area contributed by atoms with Gasteiger partial charge in [-0.15, -0.1) is 0 Å². The normalized spacial score (nSPS) is 16.0. The zero-order valence-electron chi connectivity index (χ0n) is 3.72. The molecule has 1 aliphatic rings. The molecule has 0 nitrogen and oxygen atoms in total. The van der Waals surface area contributed by atoms with Crippen LogP contribution in [0.3, 0.4) is 0 Å². The number of hydrogen-bond donors (Lipinski definition) is 0. The second-order valence-corrected chi connectivity index (χ2v) is 1.43. The molecule has 2 heteroatoms. The topological polar surface area (TPSA) is 0 Å². The predicted molar refractivity (Wildman–Crippen MR) is 30.1 cm³/mol. The monoisotopic (exact) mass is 76.1 g/mol. The molecule has 6 heavy (non-hydrogen) atoms. The summed E-state index contributed by atoms with van der Waals surface area (Å²) in [5.41, 5.74) is 0. The summed E-state index contributed by atoms with van der Waals surface area (Å²) in [6.07, 6.45) is 4.65. The van der Waals surface area contributed by atoms with E-state index < -0.39 is 0 Å². The first kappa shape index (κ1) is 4.04. The van der Waals surface area contributed by atoms with E-state index in [1.54, 1.807) is 0 Å². The van der Waals surface area contributed by atoms with Gasteiger partial charge in [-0.3, -0.25) is 0 Å². The van der Waals surface area contributed by atoms with Gasteiger partial charge in [0.05, 0.1) is 0 Å². The van der Waals surface area contributed by atoms with Crippen LogP contribution in [0.2, 0.25) is 6.32 Å². The van der Waals surface area contributed by atoms with Crippen molar-refractivity contribution in [1.29, 1.82) is 0 Å². The Morgan fingerprint density at radius 2 is 2.50 bits per heavy atom. The zero-order chi connectivity index (χ0) is 4.24. The number of hydrogen-bond acceptors (Lipinski definition) is 0. The summed E-state index contributed by atoms with van der Waals surface area (Å²) in [6, 6.07) is 0. The molecule has 0 radical (unpaired) electrons. The van der Waals surface area contributed by atoms with Crippen LogP contribution < -0.4 is 0 Å². The van der Waals surface area contributed by atoms with Crippen molar-refractivity contribution in [2.24, 2.45) is 0 Å². The van der Waals surface area contributed by atoms with Crippen molar-refractivity contribution in [1.82, 2.24) is 0 Å². The first-order chi connectivity index (χ1) is 3.00. The molecule has 1 aliphatic heterocycles. The van der Waals surface area contributed by atoms with Gasteiger partial charge in [0.15, 0.2) is 0 Å². The molecule has 0 unspecified atom stereocenters. The molecule has 0 fully saturated rings. The van der Waals surface area contributed by atoms with Crippen LogP contribution >= 0.6 is 0 Å². The minimum absolute atomic E-state index is 1.23. The number of allylic oxidation sites excluding steroid dienone is 1. The third kappa shape index (κ3) is 0.925. The average Bonchev–Trinajstić information content (AvgIpc) is 1.72. The van der Waals surface area contributed by atoms with E-state index >= 15 is 0 Å². The summed E-state index contributed by atoms with van der Waals surface area (Å²) < 4.78 is 0. The molecule has 0 bridgehead atoms. The van der Waals surface area contributed by atoms with Gasteiger partial charge in [0.25, 0.3) is 0 Å². The molecule has 0 atom stereocenters. The second-order valence-electron chi connectivity index (χ2n) is 1.43. The van der Waals surface area contributed by atoms with Gasteiger partial charge >= 0.3 is 38.4 Å². The fraction of sp³-hybridized carbons (Fsp3) is 0.500. The molecule has 0 saturated heterocycles. The van der Waals surface area contributed by atoms with E-state index in [0.29, 0.717) is 0 Å². The summed E-state index contributed by atoms with van der Waals surface area (Å²) >= 11 is 0. The van der Waals surface area contributed by atoms with E-state index in [9.17, 15) is 0 Å². The molecular weight excluding hydrogens is 69.7 g/mol. The molecule has 1 heterocycles. The van der Waals surface area contributed by atoms with E-state index in [-0.39, 0.29) is 0 Å². The van der Waals surface area contributed by atoms with Gasteiger partial charge in [0.1, 0.15) is 0 Å². The third-order valence-electron chi connectivity index (χ3n) is 0.883. The van der Waals surface area contributed by atoms with Crippen molar-refractivity contribution in [2.75, 3.05) is 0 Å². The van der Waals surface area contributed by atoms with Crippen LogP contribution in [0, 0.1) is 0 Å². The van der Waals surface area contributed by atoms with E-state index in [2.05, 4.69) is 25.7 Å². The van der Waals surface area contributed by atoms with Crippen molar-refractivity contribution >= 4 is 13.6 Å². The van der Waals surface area contributed by atoms with Gasteiger partial charge < -0.3 is 0 Å². The Kier molecular flexibility index (Phi) is 1.43. The summed E-state index contributed by atoms with van der Waals surface area (Å²) in [7, 11) is 0. The Balaban J connectivity index is 2.46. The maximum atomic E-state index is 2.18. The Hall–Kier alpha value is -0.130. The molecule has 0 amide bonds. The van der Waals surface area contributed by atoms with Crippen LogP contribution in [0.1, 0.15) is 6.42 Å². The second kappa shape index (κ2) is 2.12. The predicted octanol–water partition coefficient (Wildman–Crippen LogP) is 0.645. The van der Waals surface area contributed by atoms with Crippen LogP contribution in [0.15, 0.2) is 12.1 Å². The van der Waals surface area contributed by atoms with E-state index in [1.165, 1.54) is 12.7 Å². The minimum atomic E-state index is 1.23. The molecule has 28 valence electrons. The van der Waals surface area contributed by atoms with Gasteiger partial charge in [-0.25, -0.2) is 0 Å². The third-order valence-corrected chi connectivity index (χ3v) is 0.883. The summed E-state index contributed by atoms with van der Waals surface area (Å²) in [5.74, 6) is 2.09. The molecule has 0 spiro atoms. The first-order valence-electron chi connectivity index (χ1n) is 2.32. The fourth-order valence-corrected chi connectivity index (χ4v) is 0.542. The van der Waals surface area contributed by atoms with Crippen LogP contribution in [0.4, 0.5) is 0 Å². The van der Waals surface area contributed by atoms with Crippen molar-refractivity contribution < 1.29 is 0 Å². The quantitative estimate of drug-likeness (QED) is 0.371. The molecule has 0 aromatic heterocycles. The van der Waals surface area contributed by atoms with Crippen molar-refractivity contribution in [2.45, 2.75) is 12.7 Å². The van der Waals surface area contributed by atoms with Gasteiger partial charge in [0, 0.05) is 0 Å². The summed E-state index contributed by atoms with van der Waals surface area (Å²) in [5, 5.41) is 0. The maximum absolute atomic E-state index is 2.18. The summed E-state index contributed by atoms with van der Waals surface area (Å²) in [4.78, 5) is 0. The van der Waals surface area contributed by atoms with Gasteiger partial charge in [-0.1, -0.05) is 0 Å². The SMILES string of the molecule is B1=BCCC=C1. The number of rotatable bonds is 0. The fourth-order valence-electron chi connectivity index (χ4n) is 0.542. The molecule has 1 rings (SSSR count). The summed E-state index contributed by atoms with van der Waals surface area (Å²) in [6.45, 7) is 4.27. The molecule has 0 aromatic rings. The van der Waals surface area contributed by atoms with Gasteiger partial charge in [-0.2, -0.15) is 0 Å². The van der Waals surface area contributed by atoms with E-state index in [1.807, 2.05) is 0 Å². The van der Waals surface area contributed by atoms with Crippen LogP contribution in [0.5, 0.6) is 0 Å². The van der Waals surface area contributed by atoms with E-state index in [4.69, 9.17) is 0 Å². The Morgan fingerprint density at radius 3 is 2.67 bits per heavy atom. The molecule has 0 aliphatic carbocycles. The molecule has 0 N–H and O–H groups in total. The van der Waals surface area contributed by atoms with Crippen LogP contribution in [0.25, 0.3) is 0 Å². The zero-order valence-corrected chi connectivity index (χ0v) is 3.72. The van der Waals surface area contributed by atoms with Gasteiger partial charge in [0.2, 0.25) is 0 Å². The Bertz CT molecular complexity index is 71.5. The van der Waals surface area contributed by atoms with E-state index in [0.717, 1.165) is 0 Å². The van der Waals surface area contributed by atoms with Crippen molar-refractivity contribution in [3.63, 3.8) is 0 Å². The first-order valence-corrected chi connectivity index (χ1v) is 2.32. The van der Waals surface area contributed by atoms with Gasteiger partial charge in [-0.05, 0) is 0 Å².